The molecule has 3 nitrogen and oxygen atoms in total. The summed E-state index contributed by atoms with van der Waals surface area (Å²) in [7, 11) is 0. The smallest absolute Gasteiger partial charge is 0.410 e. The maximum Gasteiger partial charge on any atom is 0.415 e. The topological polar surface area (TPSA) is 29.5 Å². The van der Waals surface area contributed by atoms with Gasteiger partial charge in [-0.1, -0.05) is 48.5 Å². The first kappa shape index (κ1) is 10.8. The molecule has 0 saturated carbocycles. The second kappa shape index (κ2) is 4.53. The van der Waals surface area contributed by atoms with Gasteiger partial charge in [0.15, 0.2) is 0 Å². The summed E-state index contributed by atoms with van der Waals surface area (Å²) >= 11 is 0. The molecule has 0 N–H and O–H groups in total. The highest BCUT2D eigenvalue weighted by molar-refractivity contribution is 5.73. The summed E-state index contributed by atoms with van der Waals surface area (Å²) in [5.74, 6) is 0.673. The fourth-order valence-corrected chi connectivity index (χ4v) is 2.09. The molecule has 1 aliphatic heterocycles. The Balaban J connectivity index is 1.81. The molecule has 0 aliphatic carbocycles. The second-order valence-electron chi connectivity index (χ2n) is 4.32. The molecule has 3 heteroatoms. The maximum atomic E-state index is 11.9. The van der Waals surface area contributed by atoms with E-state index in [4.69, 9.17) is 4.74 Å². The second-order valence-corrected chi connectivity index (χ2v) is 4.32. The van der Waals surface area contributed by atoms with Gasteiger partial charge in [-0.3, -0.25) is 4.90 Å². The molecule has 1 amide bonds. The van der Waals surface area contributed by atoms with Gasteiger partial charge in [0.25, 0.3) is 0 Å². The van der Waals surface area contributed by atoms with Crippen LogP contribution < -0.4 is 4.74 Å². The summed E-state index contributed by atoms with van der Waals surface area (Å²) < 4.78 is 5.30. The fourth-order valence-electron chi connectivity index (χ4n) is 2.09. The Labute approximate surface area is 106 Å². The minimum absolute atomic E-state index is 0.280. The van der Waals surface area contributed by atoms with Crippen molar-refractivity contribution >= 4 is 6.09 Å². The molecule has 0 radical (unpaired) electrons. The molecule has 0 unspecified atom stereocenters. The third-order valence-electron chi connectivity index (χ3n) is 3.01. The van der Waals surface area contributed by atoms with Crippen LogP contribution in [-0.4, -0.2) is 11.0 Å². The van der Waals surface area contributed by atoms with Crippen molar-refractivity contribution in [1.82, 2.24) is 4.90 Å². The average Bonchev–Trinajstić information content (AvgIpc) is 2.41. The SMILES string of the molecule is O=C1Oc2ccccc2CN1Cc1ccccc1. The number of para-hydroxylation sites is 1. The van der Waals surface area contributed by atoms with Gasteiger partial charge in [-0.05, 0) is 11.6 Å². The summed E-state index contributed by atoms with van der Waals surface area (Å²) in [6.07, 6.45) is -0.280. The predicted molar refractivity (Wildman–Crippen MR) is 68.2 cm³/mol. The Kier molecular flexibility index (Phi) is 2.73. The van der Waals surface area contributed by atoms with Crippen molar-refractivity contribution in [3.05, 3.63) is 65.7 Å². The normalized spacial score (nSPS) is 14.0. The van der Waals surface area contributed by atoms with Crippen LogP contribution in [0.4, 0.5) is 4.79 Å². The van der Waals surface area contributed by atoms with Crippen LogP contribution in [0.15, 0.2) is 54.6 Å². The Morgan fingerprint density at radius 2 is 1.72 bits per heavy atom. The molecule has 0 saturated heterocycles. The van der Waals surface area contributed by atoms with Crippen LogP contribution in [0.2, 0.25) is 0 Å². The van der Waals surface area contributed by atoms with Crippen LogP contribution >= 0.6 is 0 Å². The highest BCUT2D eigenvalue weighted by atomic mass is 16.6. The number of hydrogen-bond donors (Lipinski definition) is 0. The van der Waals surface area contributed by atoms with E-state index in [1.54, 1.807) is 4.90 Å². The monoisotopic (exact) mass is 239 g/mol. The van der Waals surface area contributed by atoms with Crippen LogP contribution in [0.3, 0.4) is 0 Å². The van der Waals surface area contributed by atoms with Gasteiger partial charge in [0.2, 0.25) is 0 Å². The van der Waals surface area contributed by atoms with Gasteiger partial charge in [-0.2, -0.15) is 0 Å². The first-order valence-electron chi connectivity index (χ1n) is 5.91. The molecule has 0 aromatic heterocycles. The number of carbonyl (C=O) groups excluding carboxylic acids is 1. The molecule has 2 aromatic rings. The summed E-state index contributed by atoms with van der Waals surface area (Å²) in [6, 6.07) is 17.6. The quantitative estimate of drug-likeness (QED) is 0.805. The number of amides is 1. The number of ether oxygens (including phenoxy) is 1. The summed E-state index contributed by atoms with van der Waals surface area (Å²) in [5, 5.41) is 0. The summed E-state index contributed by atoms with van der Waals surface area (Å²) in [6.45, 7) is 1.18. The molecule has 2 aromatic carbocycles. The van der Waals surface area contributed by atoms with Crippen molar-refractivity contribution in [3.8, 4) is 5.75 Å². The van der Waals surface area contributed by atoms with E-state index in [0.29, 0.717) is 18.8 Å². The number of carbonyl (C=O) groups is 1. The molecule has 0 spiro atoms. The third-order valence-corrected chi connectivity index (χ3v) is 3.01. The molecule has 18 heavy (non-hydrogen) atoms. The van der Waals surface area contributed by atoms with Gasteiger partial charge in [-0.25, -0.2) is 4.79 Å². The highest BCUT2D eigenvalue weighted by Gasteiger charge is 2.24. The lowest BCUT2D eigenvalue weighted by Gasteiger charge is -2.27. The van der Waals surface area contributed by atoms with Crippen molar-refractivity contribution in [2.24, 2.45) is 0 Å². The van der Waals surface area contributed by atoms with Crippen molar-refractivity contribution in [1.29, 1.82) is 0 Å². The first-order chi connectivity index (χ1) is 8.83. The molecular formula is C15H13NO2. The molecule has 90 valence electrons. The predicted octanol–water partition coefficient (Wildman–Crippen LogP) is 3.20. The molecule has 0 atom stereocenters. The molecular weight excluding hydrogens is 226 g/mol. The number of hydrogen-bond acceptors (Lipinski definition) is 2. The standard InChI is InChI=1S/C15H13NO2/c17-15-16(10-12-6-2-1-3-7-12)11-13-8-4-5-9-14(13)18-15/h1-9H,10-11H2. The lowest BCUT2D eigenvalue weighted by molar-refractivity contribution is 0.135. The summed E-state index contributed by atoms with van der Waals surface area (Å²) in [4.78, 5) is 13.6. The Morgan fingerprint density at radius 3 is 2.56 bits per heavy atom. The largest absolute Gasteiger partial charge is 0.415 e. The van der Waals surface area contributed by atoms with E-state index < -0.39 is 0 Å². The molecule has 3 rings (SSSR count). The van der Waals surface area contributed by atoms with Crippen molar-refractivity contribution in [2.45, 2.75) is 13.1 Å². The van der Waals surface area contributed by atoms with Crippen molar-refractivity contribution < 1.29 is 9.53 Å². The highest BCUT2D eigenvalue weighted by Crippen LogP contribution is 2.26. The van der Waals surface area contributed by atoms with Gasteiger partial charge >= 0.3 is 6.09 Å². The summed E-state index contributed by atoms with van der Waals surface area (Å²) in [5.41, 5.74) is 2.15. The zero-order valence-electron chi connectivity index (χ0n) is 9.87. The van der Waals surface area contributed by atoms with Crippen LogP contribution in [0, 0.1) is 0 Å². The number of fused-ring (bicyclic) bond motifs is 1. The minimum atomic E-state index is -0.280. The zero-order valence-corrected chi connectivity index (χ0v) is 9.87. The van der Waals surface area contributed by atoms with E-state index in [1.165, 1.54) is 0 Å². The minimum Gasteiger partial charge on any atom is -0.410 e. The number of benzene rings is 2. The van der Waals surface area contributed by atoms with Crippen LogP contribution in [0.1, 0.15) is 11.1 Å². The lowest BCUT2D eigenvalue weighted by atomic mass is 10.1. The van der Waals surface area contributed by atoms with Gasteiger partial charge in [0.05, 0.1) is 6.54 Å². The lowest BCUT2D eigenvalue weighted by Crippen LogP contribution is -2.36. The van der Waals surface area contributed by atoms with Crippen LogP contribution in [0.5, 0.6) is 5.75 Å². The van der Waals surface area contributed by atoms with Crippen LogP contribution in [0.25, 0.3) is 0 Å². The number of rotatable bonds is 2. The maximum absolute atomic E-state index is 11.9. The Morgan fingerprint density at radius 1 is 1.00 bits per heavy atom. The Bertz CT molecular complexity index is 566. The van der Waals surface area contributed by atoms with Crippen molar-refractivity contribution in [2.75, 3.05) is 0 Å². The van der Waals surface area contributed by atoms with E-state index in [0.717, 1.165) is 11.1 Å². The van der Waals surface area contributed by atoms with Gasteiger partial charge < -0.3 is 4.74 Å². The van der Waals surface area contributed by atoms with E-state index in [1.807, 2.05) is 54.6 Å². The van der Waals surface area contributed by atoms with Gasteiger partial charge in [-0.15, -0.1) is 0 Å². The average molecular weight is 239 g/mol. The molecule has 0 fully saturated rings. The van der Waals surface area contributed by atoms with E-state index in [9.17, 15) is 4.79 Å². The van der Waals surface area contributed by atoms with E-state index in [2.05, 4.69) is 0 Å². The van der Waals surface area contributed by atoms with Gasteiger partial charge in [0, 0.05) is 12.1 Å². The van der Waals surface area contributed by atoms with Crippen LogP contribution in [-0.2, 0) is 13.1 Å². The van der Waals surface area contributed by atoms with E-state index in [-0.39, 0.29) is 6.09 Å². The number of nitrogens with zero attached hydrogens (tertiary/aromatic N) is 1. The third kappa shape index (κ3) is 2.07. The first-order valence-corrected chi connectivity index (χ1v) is 5.91. The molecule has 0 bridgehead atoms. The zero-order chi connectivity index (χ0) is 12.4. The molecule has 1 aliphatic rings. The molecule has 1 heterocycles. The Hall–Kier alpha value is -2.29. The fraction of sp³-hybridized carbons (Fsp3) is 0.133. The van der Waals surface area contributed by atoms with E-state index >= 15 is 0 Å². The van der Waals surface area contributed by atoms with Crippen molar-refractivity contribution in [3.63, 3.8) is 0 Å². The van der Waals surface area contributed by atoms with Gasteiger partial charge in [0.1, 0.15) is 5.75 Å².